The van der Waals surface area contributed by atoms with Crippen LogP contribution < -0.4 is 0 Å². The molecule has 1 fully saturated rings. The molecule has 4 heterocycles. The van der Waals surface area contributed by atoms with Crippen molar-refractivity contribution in [2.45, 2.75) is 12.6 Å². The average molecular weight is 390 g/mol. The van der Waals surface area contributed by atoms with Crippen LogP contribution in [0.5, 0.6) is 0 Å². The highest BCUT2D eigenvalue weighted by Crippen LogP contribution is 2.28. The smallest absolute Gasteiger partial charge is 0.109 e. The molecule has 0 aliphatic carbocycles. The number of rotatable bonds is 4. The van der Waals surface area contributed by atoms with Crippen molar-refractivity contribution in [3.05, 3.63) is 76.7 Å². The summed E-state index contributed by atoms with van der Waals surface area (Å²) >= 11 is 1.83. The van der Waals surface area contributed by atoms with E-state index in [2.05, 4.69) is 87.3 Å². The molecule has 0 radical (unpaired) electrons. The molecule has 0 spiro atoms. The second-order valence-corrected chi connectivity index (χ2v) is 8.43. The minimum atomic E-state index is 0.258. The first kappa shape index (κ1) is 17.6. The van der Waals surface area contributed by atoms with E-state index in [0.717, 1.165) is 43.0 Å². The van der Waals surface area contributed by atoms with Crippen LogP contribution in [0.3, 0.4) is 0 Å². The largest absolute Gasteiger partial charge is 0.295 e. The van der Waals surface area contributed by atoms with Gasteiger partial charge in [0.15, 0.2) is 0 Å². The molecule has 1 aromatic carbocycles. The van der Waals surface area contributed by atoms with Crippen LogP contribution in [-0.4, -0.2) is 51.3 Å². The zero-order valence-electron chi connectivity index (χ0n) is 15.9. The number of fused-ring (bicyclic) bond motifs is 1. The quantitative estimate of drug-likeness (QED) is 0.530. The zero-order chi connectivity index (χ0) is 18.9. The first-order valence-electron chi connectivity index (χ1n) is 9.63. The van der Waals surface area contributed by atoms with Crippen molar-refractivity contribution in [3.8, 4) is 11.1 Å². The van der Waals surface area contributed by atoms with Gasteiger partial charge in [-0.3, -0.25) is 9.80 Å². The Bertz CT molecular complexity index is 1060. The van der Waals surface area contributed by atoms with Gasteiger partial charge in [-0.1, -0.05) is 47.7 Å². The highest BCUT2D eigenvalue weighted by atomic mass is 32.1. The third-order valence-corrected chi connectivity index (χ3v) is 6.42. The fourth-order valence-electron chi connectivity index (χ4n) is 3.94. The highest BCUT2D eigenvalue weighted by molar-refractivity contribution is 7.09. The van der Waals surface area contributed by atoms with Crippen molar-refractivity contribution in [2.75, 3.05) is 26.7 Å². The van der Waals surface area contributed by atoms with Gasteiger partial charge < -0.3 is 0 Å². The molecule has 5 rings (SSSR count). The van der Waals surface area contributed by atoms with Gasteiger partial charge in [-0.25, -0.2) is 4.52 Å². The van der Waals surface area contributed by atoms with E-state index >= 15 is 0 Å². The normalized spacial score (nSPS) is 18.7. The lowest BCUT2D eigenvalue weighted by Gasteiger charge is -2.38. The Hall–Kier alpha value is -2.54. The van der Waals surface area contributed by atoms with Gasteiger partial charge in [0.1, 0.15) is 5.69 Å². The second-order valence-electron chi connectivity index (χ2n) is 7.40. The number of aromatic nitrogens is 3. The Balaban J connectivity index is 1.43. The van der Waals surface area contributed by atoms with Crippen LogP contribution in [0.1, 0.15) is 16.6 Å². The summed E-state index contributed by atoms with van der Waals surface area (Å²) in [7, 11) is 2.19. The van der Waals surface area contributed by atoms with Gasteiger partial charge in [0, 0.05) is 42.8 Å². The van der Waals surface area contributed by atoms with Gasteiger partial charge in [-0.2, -0.15) is 0 Å². The molecule has 28 heavy (non-hydrogen) atoms. The van der Waals surface area contributed by atoms with Crippen LogP contribution in [0.15, 0.2) is 66.2 Å². The molecule has 1 atom stereocenters. The van der Waals surface area contributed by atoms with E-state index < -0.39 is 0 Å². The van der Waals surface area contributed by atoms with E-state index in [-0.39, 0.29) is 6.04 Å². The molecule has 5 nitrogen and oxygen atoms in total. The molecule has 6 heteroatoms. The predicted molar refractivity (Wildman–Crippen MR) is 113 cm³/mol. The predicted octanol–water partition coefficient (Wildman–Crippen LogP) is 3.95. The number of likely N-dealkylation sites (N-methyl/N-ethyl adjacent to an activating group) is 1. The number of benzene rings is 1. The summed E-state index contributed by atoms with van der Waals surface area (Å²) in [4.78, 5) is 6.35. The van der Waals surface area contributed by atoms with E-state index in [9.17, 15) is 0 Å². The summed E-state index contributed by atoms with van der Waals surface area (Å²) in [6.07, 6.45) is 2.08. The van der Waals surface area contributed by atoms with Crippen molar-refractivity contribution >= 4 is 16.9 Å². The fourth-order valence-corrected chi connectivity index (χ4v) is 4.69. The maximum atomic E-state index is 4.58. The maximum absolute atomic E-state index is 4.58. The van der Waals surface area contributed by atoms with Crippen LogP contribution in [-0.2, 0) is 6.54 Å². The molecule has 0 amide bonds. The van der Waals surface area contributed by atoms with E-state index in [0.29, 0.717) is 0 Å². The Labute approximate surface area is 168 Å². The summed E-state index contributed by atoms with van der Waals surface area (Å²) in [6.45, 7) is 4.11. The standard InChI is InChI=1S/C22H23N5S/c1-25-11-12-26(15-19-8-5-13-28-19)16-21(25)22-20-10-9-18(14-27(20)24-23-22)17-6-3-2-4-7-17/h2-10,13-14,21H,11-12,15-16H2,1H3/t21-/m1/s1. The molecule has 0 bridgehead atoms. The van der Waals surface area contributed by atoms with Crippen molar-refractivity contribution < 1.29 is 0 Å². The lowest BCUT2D eigenvalue weighted by molar-refractivity contribution is 0.0896. The van der Waals surface area contributed by atoms with Crippen molar-refractivity contribution in [1.82, 2.24) is 24.6 Å². The molecule has 0 saturated carbocycles. The first-order chi connectivity index (χ1) is 13.8. The molecule has 1 saturated heterocycles. The van der Waals surface area contributed by atoms with Crippen LogP contribution in [0.2, 0.25) is 0 Å². The Morgan fingerprint density at radius 3 is 2.71 bits per heavy atom. The zero-order valence-corrected chi connectivity index (χ0v) is 16.7. The topological polar surface area (TPSA) is 36.7 Å². The second kappa shape index (κ2) is 7.47. The molecular weight excluding hydrogens is 366 g/mol. The minimum absolute atomic E-state index is 0.258. The van der Waals surface area contributed by atoms with Gasteiger partial charge in [-0.05, 0) is 30.1 Å². The molecule has 142 valence electrons. The van der Waals surface area contributed by atoms with Crippen LogP contribution in [0.4, 0.5) is 0 Å². The third kappa shape index (κ3) is 3.35. The van der Waals surface area contributed by atoms with E-state index in [4.69, 9.17) is 0 Å². The molecule has 3 aromatic heterocycles. The van der Waals surface area contributed by atoms with Gasteiger partial charge in [0.25, 0.3) is 0 Å². The molecule has 1 aliphatic rings. The molecule has 4 aromatic rings. The number of hydrogen-bond donors (Lipinski definition) is 0. The van der Waals surface area contributed by atoms with Crippen LogP contribution in [0, 0.1) is 0 Å². The Kier molecular flexibility index (Phi) is 4.68. The monoisotopic (exact) mass is 389 g/mol. The number of thiophene rings is 1. The molecule has 0 unspecified atom stereocenters. The minimum Gasteiger partial charge on any atom is -0.295 e. The third-order valence-electron chi connectivity index (χ3n) is 5.55. The summed E-state index contributed by atoms with van der Waals surface area (Å²) in [5.41, 5.74) is 4.51. The molecule has 0 N–H and O–H groups in total. The SMILES string of the molecule is CN1CCN(Cc2cccs2)C[C@@H]1c1nnn2cc(-c3ccccc3)ccc12. The van der Waals surface area contributed by atoms with E-state index in [1.54, 1.807) is 0 Å². The van der Waals surface area contributed by atoms with Crippen molar-refractivity contribution in [3.63, 3.8) is 0 Å². The number of hydrogen-bond acceptors (Lipinski definition) is 5. The lowest BCUT2D eigenvalue weighted by atomic mass is 10.1. The number of pyridine rings is 1. The summed E-state index contributed by atoms with van der Waals surface area (Å²) in [6, 6.07) is 19.3. The van der Waals surface area contributed by atoms with Gasteiger partial charge >= 0.3 is 0 Å². The summed E-state index contributed by atoms with van der Waals surface area (Å²) in [5, 5.41) is 11.2. The van der Waals surface area contributed by atoms with Crippen LogP contribution in [0.25, 0.3) is 16.6 Å². The van der Waals surface area contributed by atoms with Gasteiger partial charge in [0.2, 0.25) is 0 Å². The Morgan fingerprint density at radius 2 is 1.89 bits per heavy atom. The average Bonchev–Trinajstić information content (AvgIpc) is 3.39. The fraction of sp³-hybridized carbons (Fsp3) is 0.273. The lowest BCUT2D eigenvalue weighted by Crippen LogP contribution is -2.46. The van der Waals surface area contributed by atoms with Gasteiger partial charge in [0.05, 0.1) is 11.6 Å². The summed E-state index contributed by atoms with van der Waals surface area (Å²) in [5.74, 6) is 0. The van der Waals surface area contributed by atoms with Crippen molar-refractivity contribution in [1.29, 1.82) is 0 Å². The Morgan fingerprint density at radius 1 is 1.00 bits per heavy atom. The summed E-state index contributed by atoms with van der Waals surface area (Å²) < 4.78 is 1.92. The number of nitrogens with zero attached hydrogens (tertiary/aromatic N) is 5. The van der Waals surface area contributed by atoms with Gasteiger partial charge in [-0.15, -0.1) is 16.4 Å². The van der Waals surface area contributed by atoms with E-state index in [1.165, 1.54) is 10.4 Å². The van der Waals surface area contributed by atoms with E-state index in [1.807, 2.05) is 21.9 Å². The van der Waals surface area contributed by atoms with Crippen LogP contribution >= 0.6 is 11.3 Å². The maximum Gasteiger partial charge on any atom is 0.109 e. The molecular formula is C22H23N5S. The molecule has 1 aliphatic heterocycles. The van der Waals surface area contributed by atoms with Crippen molar-refractivity contribution in [2.24, 2.45) is 0 Å². The highest BCUT2D eigenvalue weighted by Gasteiger charge is 2.29. The number of piperazine rings is 1. The first-order valence-corrected chi connectivity index (χ1v) is 10.5.